The van der Waals surface area contributed by atoms with Crippen LogP contribution in [0, 0.1) is 0 Å². The highest BCUT2D eigenvalue weighted by atomic mass is 79.9. The Morgan fingerprint density at radius 3 is 2.85 bits per heavy atom. The Balaban J connectivity index is 1.27. The van der Waals surface area contributed by atoms with Gasteiger partial charge in [-0.25, -0.2) is 9.97 Å². The maximum Gasteiger partial charge on any atom is 0.164 e. The molecule has 170 valence electrons. The zero-order chi connectivity index (χ0) is 22.7. The Morgan fingerprint density at radius 1 is 1.12 bits per heavy atom. The number of pyridine rings is 1. The van der Waals surface area contributed by atoms with Gasteiger partial charge in [0, 0.05) is 28.3 Å². The van der Waals surface area contributed by atoms with Crippen molar-refractivity contribution in [3.05, 3.63) is 58.7 Å². The van der Waals surface area contributed by atoms with E-state index in [0.717, 1.165) is 20.8 Å². The van der Waals surface area contributed by atoms with Gasteiger partial charge in [0.05, 0.1) is 10.9 Å². The standard InChI is InChI=1S/C23H20BrClN4O4/c1-23(2)32-18-17(10-30-14-4-3-12-7-13(24)9-26-16(12)8-14)31-22(19(18)33-23)29-6-5-15-20(25)27-11-28-21(15)29/h3-9,11,17-19,22H,10H2,1-2H3/t17-,18-,19-,22-/m1/s1. The molecule has 4 aromatic rings. The summed E-state index contributed by atoms with van der Waals surface area (Å²) in [4.78, 5) is 12.9. The topological polar surface area (TPSA) is 80.5 Å². The van der Waals surface area contributed by atoms with Crippen molar-refractivity contribution in [1.82, 2.24) is 19.5 Å². The van der Waals surface area contributed by atoms with Crippen molar-refractivity contribution in [1.29, 1.82) is 0 Å². The quantitative estimate of drug-likeness (QED) is 0.347. The van der Waals surface area contributed by atoms with Crippen molar-refractivity contribution in [3.63, 3.8) is 0 Å². The molecule has 10 heteroatoms. The molecule has 2 saturated heterocycles. The molecule has 0 bridgehead atoms. The second-order valence-electron chi connectivity index (χ2n) is 8.57. The first-order chi connectivity index (χ1) is 15.9. The molecule has 2 aliphatic heterocycles. The lowest BCUT2D eigenvalue weighted by molar-refractivity contribution is -0.198. The minimum Gasteiger partial charge on any atom is -0.491 e. The zero-order valence-electron chi connectivity index (χ0n) is 17.8. The van der Waals surface area contributed by atoms with E-state index in [-0.39, 0.29) is 18.3 Å². The van der Waals surface area contributed by atoms with Crippen molar-refractivity contribution in [2.24, 2.45) is 0 Å². The van der Waals surface area contributed by atoms with Crippen LogP contribution in [-0.2, 0) is 14.2 Å². The third kappa shape index (κ3) is 3.77. The Labute approximate surface area is 202 Å². The third-order valence-corrected chi connectivity index (χ3v) is 6.63. The van der Waals surface area contributed by atoms with E-state index in [1.807, 2.05) is 54.9 Å². The first kappa shape index (κ1) is 21.2. The van der Waals surface area contributed by atoms with E-state index in [0.29, 0.717) is 23.2 Å². The molecule has 3 aromatic heterocycles. The van der Waals surface area contributed by atoms with Gasteiger partial charge in [-0.3, -0.25) is 4.98 Å². The van der Waals surface area contributed by atoms with E-state index in [2.05, 4.69) is 30.9 Å². The van der Waals surface area contributed by atoms with Crippen molar-refractivity contribution >= 4 is 49.5 Å². The Bertz CT molecular complexity index is 1360. The molecule has 4 atom stereocenters. The van der Waals surface area contributed by atoms with Crippen LogP contribution in [0.4, 0.5) is 0 Å². The SMILES string of the molecule is CC1(C)O[C@@H]2[C@H](O1)[C@@H](COc1ccc3cc(Br)cnc3c1)O[C@H]2n1ccc2c(Cl)ncnc21. The molecule has 0 unspecified atom stereocenters. The predicted molar refractivity (Wildman–Crippen MR) is 125 cm³/mol. The minimum atomic E-state index is -0.731. The molecule has 0 saturated carbocycles. The normalized spacial score (nSPS) is 26.2. The number of rotatable bonds is 4. The van der Waals surface area contributed by atoms with Crippen LogP contribution in [-0.4, -0.2) is 50.2 Å². The van der Waals surface area contributed by atoms with E-state index in [1.165, 1.54) is 6.33 Å². The number of ether oxygens (including phenoxy) is 4. The second-order valence-corrected chi connectivity index (χ2v) is 9.85. The number of hydrogen-bond donors (Lipinski definition) is 0. The Morgan fingerprint density at radius 2 is 1.97 bits per heavy atom. The van der Waals surface area contributed by atoms with Gasteiger partial charge in [0.2, 0.25) is 0 Å². The molecule has 1 aromatic carbocycles. The number of nitrogens with zero attached hydrogens (tertiary/aromatic N) is 4. The number of aromatic nitrogens is 4. The van der Waals surface area contributed by atoms with Crippen LogP contribution in [0.5, 0.6) is 5.75 Å². The lowest BCUT2D eigenvalue weighted by Crippen LogP contribution is -2.33. The van der Waals surface area contributed by atoms with E-state index >= 15 is 0 Å². The average Bonchev–Trinajstić information content (AvgIpc) is 3.44. The van der Waals surface area contributed by atoms with Crippen LogP contribution in [0.25, 0.3) is 21.9 Å². The predicted octanol–water partition coefficient (Wildman–Crippen LogP) is 4.89. The molecule has 2 fully saturated rings. The summed E-state index contributed by atoms with van der Waals surface area (Å²) >= 11 is 9.69. The number of hydrogen-bond acceptors (Lipinski definition) is 7. The molecular weight excluding hydrogens is 512 g/mol. The van der Waals surface area contributed by atoms with E-state index < -0.39 is 12.0 Å². The second kappa shape index (κ2) is 7.89. The summed E-state index contributed by atoms with van der Waals surface area (Å²) < 4.78 is 27.8. The molecule has 0 spiro atoms. The van der Waals surface area contributed by atoms with Gasteiger partial charge in [-0.05, 0) is 54.0 Å². The largest absolute Gasteiger partial charge is 0.491 e. The molecule has 0 N–H and O–H groups in total. The maximum atomic E-state index is 6.40. The highest BCUT2D eigenvalue weighted by Crippen LogP contribution is 2.44. The zero-order valence-corrected chi connectivity index (χ0v) is 20.2. The van der Waals surface area contributed by atoms with Gasteiger partial charge in [0.15, 0.2) is 12.0 Å². The van der Waals surface area contributed by atoms with Crippen LogP contribution in [0.1, 0.15) is 20.1 Å². The molecule has 33 heavy (non-hydrogen) atoms. The molecular formula is C23H20BrClN4O4. The fourth-order valence-corrected chi connectivity index (χ4v) is 5.05. The highest BCUT2D eigenvalue weighted by Gasteiger charge is 2.56. The maximum absolute atomic E-state index is 6.40. The molecule has 0 amide bonds. The molecule has 5 heterocycles. The average molecular weight is 532 g/mol. The van der Waals surface area contributed by atoms with Gasteiger partial charge in [-0.15, -0.1) is 0 Å². The molecule has 8 nitrogen and oxygen atoms in total. The summed E-state index contributed by atoms with van der Waals surface area (Å²) in [7, 11) is 0. The van der Waals surface area contributed by atoms with Gasteiger partial charge in [-0.1, -0.05) is 11.6 Å². The van der Waals surface area contributed by atoms with Crippen LogP contribution >= 0.6 is 27.5 Å². The van der Waals surface area contributed by atoms with E-state index in [1.54, 1.807) is 6.20 Å². The van der Waals surface area contributed by atoms with E-state index in [9.17, 15) is 0 Å². The smallest absolute Gasteiger partial charge is 0.164 e. The lowest BCUT2D eigenvalue weighted by atomic mass is 10.1. The summed E-state index contributed by atoms with van der Waals surface area (Å²) in [6.07, 6.45) is 3.69. The summed E-state index contributed by atoms with van der Waals surface area (Å²) in [5, 5.41) is 2.19. The summed E-state index contributed by atoms with van der Waals surface area (Å²) in [6, 6.07) is 9.72. The van der Waals surface area contributed by atoms with Gasteiger partial charge in [-0.2, -0.15) is 0 Å². The highest BCUT2D eigenvalue weighted by molar-refractivity contribution is 9.10. The van der Waals surface area contributed by atoms with Gasteiger partial charge < -0.3 is 23.5 Å². The summed E-state index contributed by atoms with van der Waals surface area (Å²) in [6.45, 7) is 4.11. The third-order valence-electron chi connectivity index (χ3n) is 5.90. The number of benzene rings is 1. The first-order valence-corrected chi connectivity index (χ1v) is 11.7. The minimum absolute atomic E-state index is 0.297. The van der Waals surface area contributed by atoms with Gasteiger partial charge >= 0.3 is 0 Å². The summed E-state index contributed by atoms with van der Waals surface area (Å²) in [5.74, 6) is -0.0177. The van der Waals surface area contributed by atoms with Crippen LogP contribution in [0.3, 0.4) is 0 Å². The molecule has 2 aliphatic rings. The number of fused-ring (bicyclic) bond motifs is 3. The van der Waals surface area contributed by atoms with Gasteiger partial charge in [0.25, 0.3) is 0 Å². The fourth-order valence-electron chi connectivity index (χ4n) is 4.51. The van der Waals surface area contributed by atoms with Gasteiger partial charge in [0.1, 0.15) is 47.8 Å². The van der Waals surface area contributed by atoms with Crippen molar-refractivity contribution in [2.45, 2.75) is 44.2 Å². The van der Waals surface area contributed by atoms with Crippen LogP contribution < -0.4 is 4.74 Å². The van der Waals surface area contributed by atoms with Crippen molar-refractivity contribution in [2.75, 3.05) is 6.61 Å². The molecule has 0 aliphatic carbocycles. The number of halogens is 2. The first-order valence-electron chi connectivity index (χ1n) is 10.5. The molecule has 0 radical (unpaired) electrons. The monoisotopic (exact) mass is 530 g/mol. The van der Waals surface area contributed by atoms with Crippen LogP contribution in [0.2, 0.25) is 5.15 Å². The lowest BCUT2D eigenvalue weighted by Gasteiger charge is -2.25. The van der Waals surface area contributed by atoms with Crippen molar-refractivity contribution < 1.29 is 18.9 Å². The Kier molecular flexibility index (Phi) is 5.08. The van der Waals surface area contributed by atoms with E-state index in [4.69, 9.17) is 30.5 Å². The van der Waals surface area contributed by atoms with Crippen LogP contribution in [0.15, 0.2) is 53.5 Å². The summed E-state index contributed by atoms with van der Waals surface area (Å²) in [5.41, 5.74) is 1.54. The fraction of sp³-hybridized carbons (Fsp3) is 0.348. The van der Waals surface area contributed by atoms with Crippen molar-refractivity contribution in [3.8, 4) is 5.75 Å². The molecule has 6 rings (SSSR count). The Hall–Kier alpha value is -2.30.